The number of hydrogen-bond acceptors (Lipinski definition) is 4. The summed E-state index contributed by atoms with van der Waals surface area (Å²) in [5, 5.41) is 4.04. The molecule has 5 rings (SSSR count). The summed E-state index contributed by atoms with van der Waals surface area (Å²) in [6, 6.07) is 8.72. The van der Waals surface area contributed by atoms with Crippen LogP contribution in [0, 0.1) is 11.3 Å². The normalized spacial score (nSPS) is 28.0. The summed E-state index contributed by atoms with van der Waals surface area (Å²) in [4.78, 5) is 29.2. The summed E-state index contributed by atoms with van der Waals surface area (Å²) in [6.07, 6.45) is 2.08. The van der Waals surface area contributed by atoms with E-state index in [-0.39, 0.29) is 24.3 Å². The molecule has 28 heavy (non-hydrogen) atoms. The lowest BCUT2D eigenvalue weighted by molar-refractivity contribution is -0.147. The Morgan fingerprint density at radius 2 is 2.25 bits per heavy atom. The molecule has 0 radical (unpaired) electrons. The molecular formula is C21H26N4O3. The fourth-order valence-corrected chi connectivity index (χ4v) is 5.08. The molecule has 7 nitrogen and oxygen atoms in total. The summed E-state index contributed by atoms with van der Waals surface area (Å²) < 4.78 is 7.86. The first-order chi connectivity index (χ1) is 13.5. The highest BCUT2D eigenvalue weighted by molar-refractivity contribution is 5.90. The Labute approximate surface area is 164 Å². The van der Waals surface area contributed by atoms with E-state index in [2.05, 4.69) is 52.3 Å². The zero-order valence-corrected chi connectivity index (χ0v) is 16.2. The molecular weight excluding hydrogens is 356 g/mol. The van der Waals surface area contributed by atoms with E-state index in [9.17, 15) is 9.59 Å². The summed E-state index contributed by atoms with van der Waals surface area (Å²) in [6.45, 7) is 4.76. The van der Waals surface area contributed by atoms with Crippen molar-refractivity contribution in [2.75, 3.05) is 45.9 Å². The van der Waals surface area contributed by atoms with Crippen molar-refractivity contribution in [3.05, 3.63) is 36.0 Å². The third kappa shape index (κ3) is 2.81. The number of rotatable bonds is 3. The minimum Gasteiger partial charge on any atom is -0.380 e. The van der Waals surface area contributed by atoms with Crippen LogP contribution < -0.4 is 5.32 Å². The number of carbonyl (C=O) groups excluding carboxylic acids is 2. The molecule has 3 fully saturated rings. The van der Waals surface area contributed by atoms with Crippen LogP contribution in [0.15, 0.2) is 30.5 Å². The first kappa shape index (κ1) is 17.7. The van der Waals surface area contributed by atoms with Gasteiger partial charge in [-0.25, -0.2) is 0 Å². The number of nitrogens with one attached hydrogen (secondary N) is 1. The molecule has 0 spiro atoms. The molecule has 3 saturated heterocycles. The second-order valence-corrected chi connectivity index (χ2v) is 8.43. The number of likely N-dealkylation sites (tertiary alicyclic amines) is 1. The van der Waals surface area contributed by atoms with Gasteiger partial charge in [0.1, 0.15) is 0 Å². The Bertz CT molecular complexity index is 939. The smallest absolute Gasteiger partial charge is 0.239 e. The van der Waals surface area contributed by atoms with Crippen molar-refractivity contribution in [3.63, 3.8) is 0 Å². The Morgan fingerprint density at radius 1 is 1.36 bits per heavy atom. The number of ether oxygens (including phenoxy) is 1. The maximum absolute atomic E-state index is 13.4. The van der Waals surface area contributed by atoms with Gasteiger partial charge in [0.15, 0.2) is 0 Å². The molecule has 2 amide bonds. The first-order valence-corrected chi connectivity index (χ1v) is 9.95. The third-order valence-electron chi connectivity index (χ3n) is 6.55. The Kier molecular flexibility index (Phi) is 4.17. The van der Waals surface area contributed by atoms with Crippen LogP contribution in [0.3, 0.4) is 0 Å². The average Bonchev–Trinajstić information content (AvgIpc) is 3.34. The van der Waals surface area contributed by atoms with Crippen molar-refractivity contribution in [1.29, 1.82) is 0 Å². The highest BCUT2D eigenvalue weighted by Crippen LogP contribution is 2.43. The second kappa shape index (κ2) is 6.60. The van der Waals surface area contributed by atoms with Crippen LogP contribution in [0.25, 0.3) is 10.9 Å². The van der Waals surface area contributed by atoms with Crippen molar-refractivity contribution in [2.24, 2.45) is 18.4 Å². The lowest BCUT2D eigenvalue weighted by Crippen LogP contribution is -2.56. The minimum atomic E-state index is -0.505. The quantitative estimate of drug-likeness (QED) is 0.844. The molecule has 3 aliphatic rings. The molecule has 1 aromatic carbocycles. The second-order valence-electron chi connectivity index (χ2n) is 8.43. The number of carbonyl (C=O) groups is 2. The molecule has 0 unspecified atom stereocenters. The van der Waals surface area contributed by atoms with Crippen molar-refractivity contribution >= 4 is 22.7 Å². The Morgan fingerprint density at radius 3 is 3.11 bits per heavy atom. The van der Waals surface area contributed by atoms with Crippen molar-refractivity contribution in [2.45, 2.75) is 6.54 Å². The fourth-order valence-electron chi connectivity index (χ4n) is 5.08. The van der Waals surface area contributed by atoms with Gasteiger partial charge >= 0.3 is 0 Å². The van der Waals surface area contributed by atoms with E-state index in [1.54, 1.807) is 4.90 Å². The van der Waals surface area contributed by atoms with Gasteiger partial charge in [0.2, 0.25) is 11.8 Å². The van der Waals surface area contributed by atoms with E-state index < -0.39 is 5.41 Å². The maximum Gasteiger partial charge on any atom is 0.239 e. The van der Waals surface area contributed by atoms with Crippen molar-refractivity contribution < 1.29 is 14.3 Å². The molecule has 0 saturated carbocycles. The average molecular weight is 382 g/mol. The highest BCUT2D eigenvalue weighted by Gasteiger charge is 2.57. The molecule has 3 aliphatic heterocycles. The van der Waals surface area contributed by atoms with Gasteiger partial charge in [-0.2, -0.15) is 0 Å². The van der Waals surface area contributed by atoms with Crippen molar-refractivity contribution in [3.8, 4) is 0 Å². The highest BCUT2D eigenvalue weighted by atomic mass is 16.5. The zero-order valence-electron chi connectivity index (χ0n) is 16.2. The number of aryl methyl sites for hydroxylation is 1. The fraction of sp³-hybridized carbons (Fsp3) is 0.524. The molecule has 0 aliphatic carbocycles. The van der Waals surface area contributed by atoms with E-state index in [0.717, 1.165) is 13.1 Å². The van der Waals surface area contributed by atoms with Gasteiger partial charge in [0, 0.05) is 57.4 Å². The predicted molar refractivity (Wildman–Crippen MR) is 105 cm³/mol. The van der Waals surface area contributed by atoms with Crippen LogP contribution in [0.4, 0.5) is 0 Å². The maximum atomic E-state index is 13.4. The number of amides is 2. The van der Waals surface area contributed by atoms with Gasteiger partial charge in [0.25, 0.3) is 0 Å². The lowest BCUT2D eigenvalue weighted by Gasteiger charge is -2.35. The van der Waals surface area contributed by atoms with Gasteiger partial charge in [-0.3, -0.25) is 14.5 Å². The van der Waals surface area contributed by atoms with Crippen LogP contribution in [0.5, 0.6) is 0 Å². The number of aromatic nitrogens is 1. The molecule has 2 atom stereocenters. The summed E-state index contributed by atoms with van der Waals surface area (Å²) in [5.74, 6) is 0.216. The van der Waals surface area contributed by atoms with E-state index in [4.69, 9.17) is 4.74 Å². The van der Waals surface area contributed by atoms with Crippen LogP contribution in [0.2, 0.25) is 0 Å². The number of hydrogen-bond donors (Lipinski definition) is 1. The van der Waals surface area contributed by atoms with Gasteiger partial charge in [0.05, 0.1) is 25.2 Å². The molecule has 1 aromatic heterocycles. The zero-order chi connectivity index (χ0) is 19.3. The van der Waals surface area contributed by atoms with Crippen molar-refractivity contribution in [1.82, 2.24) is 19.7 Å². The third-order valence-corrected chi connectivity index (χ3v) is 6.55. The molecule has 2 aromatic rings. The summed E-state index contributed by atoms with van der Waals surface area (Å²) >= 11 is 0. The lowest BCUT2D eigenvalue weighted by atomic mass is 9.79. The molecule has 7 heteroatoms. The van der Waals surface area contributed by atoms with Crippen LogP contribution in [0.1, 0.15) is 5.56 Å². The van der Waals surface area contributed by atoms with E-state index in [1.165, 1.54) is 16.5 Å². The van der Waals surface area contributed by atoms with Gasteiger partial charge in [-0.1, -0.05) is 6.07 Å². The van der Waals surface area contributed by atoms with Gasteiger partial charge < -0.3 is 19.5 Å². The minimum absolute atomic E-state index is 0.0718. The SMILES string of the molecule is Cn1ccc2cc(CN3C[C@@H]4COC[C@]4(C(=O)N4CCNC(=O)C4)C3)ccc21. The molecule has 0 bridgehead atoms. The topological polar surface area (TPSA) is 66.8 Å². The molecule has 148 valence electrons. The monoisotopic (exact) mass is 382 g/mol. The van der Waals surface area contributed by atoms with Crippen LogP contribution in [-0.2, 0) is 27.9 Å². The van der Waals surface area contributed by atoms with Crippen LogP contribution >= 0.6 is 0 Å². The van der Waals surface area contributed by atoms with E-state index in [0.29, 0.717) is 32.8 Å². The number of piperazine rings is 1. The predicted octanol–water partition coefficient (Wildman–Crippen LogP) is 0.585. The summed E-state index contributed by atoms with van der Waals surface area (Å²) in [5.41, 5.74) is 1.99. The van der Waals surface area contributed by atoms with Crippen LogP contribution in [-0.4, -0.2) is 72.1 Å². The van der Waals surface area contributed by atoms with E-state index >= 15 is 0 Å². The van der Waals surface area contributed by atoms with Gasteiger partial charge in [-0.05, 0) is 29.1 Å². The molecule has 4 heterocycles. The Hall–Kier alpha value is -2.38. The number of nitrogens with zero attached hydrogens (tertiary/aromatic N) is 3. The van der Waals surface area contributed by atoms with Gasteiger partial charge in [-0.15, -0.1) is 0 Å². The standard InChI is InChI=1S/C21H26N4O3/c1-23-6-4-16-8-15(2-3-18(16)23)9-24-10-17-12-28-14-21(17,13-24)20(27)25-7-5-22-19(26)11-25/h2-4,6,8,17H,5,7,9-14H2,1H3,(H,22,26)/t17-,21-/m1/s1. The summed E-state index contributed by atoms with van der Waals surface area (Å²) in [7, 11) is 2.06. The molecule has 1 N–H and O–H groups in total. The number of fused-ring (bicyclic) bond motifs is 2. The largest absolute Gasteiger partial charge is 0.380 e. The van der Waals surface area contributed by atoms with E-state index in [1.807, 2.05) is 0 Å². The Balaban J connectivity index is 1.34. The number of benzene rings is 1. The first-order valence-electron chi connectivity index (χ1n) is 9.95.